The molecule has 0 spiro atoms. The molecule has 4 nitrogen and oxygen atoms in total. The van der Waals surface area contributed by atoms with Crippen LogP contribution >= 0.6 is 0 Å². The first-order valence-corrected chi connectivity index (χ1v) is 11.8. The smallest absolute Gasteiger partial charge is 0.224 e. The summed E-state index contributed by atoms with van der Waals surface area (Å²) in [5.41, 5.74) is 3.23. The van der Waals surface area contributed by atoms with E-state index in [1.54, 1.807) is 0 Å². The molecule has 5 heteroatoms. The maximum absolute atomic E-state index is 13.7. The third kappa shape index (κ3) is 5.12. The van der Waals surface area contributed by atoms with Crippen LogP contribution in [0.15, 0.2) is 89.8 Å². The third-order valence-electron chi connectivity index (χ3n) is 5.90. The maximum atomic E-state index is 13.7. The quantitative estimate of drug-likeness (QED) is 0.609. The van der Waals surface area contributed by atoms with Crippen molar-refractivity contribution in [2.24, 2.45) is 5.92 Å². The molecule has 1 fully saturated rings. The van der Waals surface area contributed by atoms with Crippen molar-refractivity contribution in [1.82, 2.24) is 9.62 Å². The average Bonchev–Trinajstić information content (AvgIpc) is 2.83. The van der Waals surface area contributed by atoms with E-state index in [9.17, 15) is 9.00 Å². The molecule has 0 radical (unpaired) electrons. The Morgan fingerprint density at radius 3 is 2.29 bits per heavy atom. The second-order valence-corrected chi connectivity index (χ2v) is 9.43. The summed E-state index contributed by atoms with van der Waals surface area (Å²) in [4.78, 5) is 13.8. The van der Waals surface area contributed by atoms with Gasteiger partial charge in [0.1, 0.15) is 11.0 Å². The van der Waals surface area contributed by atoms with Crippen LogP contribution < -0.4 is 5.32 Å². The second-order valence-electron chi connectivity index (χ2n) is 8.02. The van der Waals surface area contributed by atoms with Crippen molar-refractivity contribution in [2.45, 2.75) is 37.2 Å². The Labute approximate surface area is 186 Å². The molecule has 160 valence electrons. The zero-order valence-corrected chi connectivity index (χ0v) is 18.6. The van der Waals surface area contributed by atoms with Gasteiger partial charge in [0.2, 0.25) is 5.91 Å². The van der Waals surface area contributed by atoms with Gasteiger partial charge in [-0.2, -0.15) is 0 Å². The Balaban J connectivity index is 1.54. The number of hydrogen-bond acceptors (Lipinski definition) is 2. The van der Waals surface area contributed by atoms with E-state index >= 15 is 0 Å². The van der Waals surface area contributed by atoms with E-state index in [0.29, 0.717) is 13.1 Å². The molecule has 0 aliphatic carbocycles. The SMILES string of the molecule is Cc1ccccc1S(=O)N1CC(C(=O)NCc2ccccc2)CCC1c1ccccc1. The summed E-state index contributed by atoms with van der Waals surface area (Å²) in [5, 5.41) is 3.07. The lowest BCUT2D eigenvalue weighted by molar-refractivity contribution is -0.126. The molecule has 1 saturated heterocycles. The Morgan fingerprint density at radius 2 is 1.58 bits per heavy atom. The van der Waals surface area contributed by atoms with Crippen LogP contribution in [0.1, 0.15) is 35.6 Å². The van der Waals surface area contributed by atoms with E-state index in [1.807, 2.05) is 84.0 Å². The number of aryl methyl sites for hydroxylation is 1. The molecule has 31 heavy (non-hydrogen) atoms. The second kappa shape index (κ2) is 10.0. The molecular weight excluding hydrogens is 404 g/mol. The highest BCUT2D eigenvalue weighted by Gasteiger charge is 2.36. The monoisotopic (exact) mass is 432 g/mol. The van der Waals surface area contributed by atoms with Gasteiger partial charge in [0.05, 0.1) is 10.8 Å². The highest BCUT2D eigenvalue weighted by atomic mass is 32.2. The number of carbonyl (C=O) groups excluding carboxylic acids is 1. The molecule has 1 heterocycles. The van der Waals surface area contributed by atoms with Crippen LogP contribution in [0.2, 0.25) is 0 Å². The van der Waals surface area contributed by atoms with Gasteiger partial charge in [0.15, 0.2) is 0 Å². The summed E-state index contributed by atoms with van der Waals surface area (Å²) >= 11 is 0. The number of nitrogens with zero attached hydrogens (tertiary/aromatic N) is 1. The molecule has 4 rings (SSSR count). The van der Waals surface area contributed by atoms with Gasteiger partial charge in [-0.05, 0) is 42.5 Å². The topological polar surface area (TPSA) is 49.4 Å². The number of benzene rings is 3. The van der Waals surface area contributed by atoms with E-state index in [0.717, 1.165) is 34.4 Å². The zero-order valence-electron chi connectivity index (χ0n) is 17.7. The van der Waals surface area contributed by atoms with E-state index in [-0.39, 0.29) is 17.9 Å². The lowest BCUT2D eigenvalue weighted by atomic mass is 9.90. The van der Waals surface area contributed by atoms with Crippen LogP contribution in [0.3, 0.4) is 0 Å². The fourth-order valence-corrected chi connectivity index (χ4v) is 5.72. The van der Waals surface area contributed by atoms with Gasteiger partial charge in [-0.25, -0.2) is 8.51 Å². The number of rotatable bonds is 6. The number of piperidine rings is 1. The first-order chi connectivity index (χ1) is 15.1. The van der Waals surface area contributed by atoms with E-state index in [4.69, 9.17) is 0 Å². The predicted molar refractivity (Wildman–Crippen MR) is 124 cm³/mol. The van der Waals surface area contributed by atoms with Gasteiger partial charge < -0.3 is 5.32 Å². The van der Waals surface area contributed by atoms with Gasteiger partial charge >= 0.3 is 0 Å². The van der Waals surface area contributed by atoms with Crippen molar-refractivity contribution in [3.63, 3.8) is 0 Å². The molecule has 1 aliphatic heterocycles. The molecule has 1 aliphatic rings. The summed E-state index contributed by atoms with van der Waals surface area (Å²) in [6, 6.07) is 27.9. The summed E-state index contributed by atoms with van der Waals surface area (Å²) in [6.45, 7) is 2.97. The third-order valence-corrected chi connectivity index (χ3v) is 7.56. The molecule has 0 bridgehead atoms. The average molecular weight is 433 g/mol. The van der Waals surface area contributed by atoms with Crippen LogP contribution in [0.25, 0.3) is 0 Å². The van der Waals surface area contributed by atoms with Gasteiger partial charge in [-0.3, -0.25) is 4.79 Å². The van der Waals surface area contributed by atoms with Crippen molar-refractivity contribution in [3.05, 3.63) is 102 Å². The number of hydrogen-bond donors (Lipinski definition) is 1. The fourth-order valence-electron chi connectivity index (χ4n) is 4.15. The molecule has 3 unspecified atom stereocenters. The van der Waals surface area contributed by atoms with Crippen molar-refractivity contribution < 1.29 is 9.00 Å². The summed E-state index contributed by atoms with van der Waals surface area (Å²) in [5.74, 6) is -0.154. The Hall–Kier alpha value is -2.76. The minimum absolute atomic E-state index is 0.0276. The number of nitrogens with one attached hydrogen (secondary N) is 1. The van der Waals surface area contributed by atoms with Crippen molar-refractivity contribution in [2.75, 3.05) is 6.54 Å². The predicted octanol–water partition coefficient (Wildman–Crippen LogP) is 4.79. The fraction of sp³-hybridized carbons (Fsp3) is 0.269. The normalized spacial score (nSPS) is 20.2. The van der Waals surface area contributed by atoms with Gasteiger partial charge in [-0.15, -0.1) is 0 Å². The highest BCUT2D eigenvalue weighted by Crippen LogP contribution is 2.36. The lowest BCUT2D eigenvalue weighted by Gasteiger charge is -2.38. The van der Waals surface area contributed by atoms with E-state index < -0.39 is 11.0 Å². The van der Waals surface area contributed by atoms with Crippen molar-refractivity contribution >= 4 is 16.9 Å². The van der Waals surface area contributed by atoms with E-state index in [2.05, 4.69) is 17.4 Å². The number of carbonyl (C=O) groups is 1. The highest BCUT2D eigenvalue weighted by molar-refractivity contribution is 7.82. The van der Waals surface area contributed by atoms with Crippen LogP contribution in [-0.4, -0.2) is 21.0 Å². The zero-order chi connectivity index (χ0) is 21.6. The van der Waals surface area contributed by atoms with Gasteiger partial charge in [0.25, 0.3) is 0 Å². The van der Waals surface area contributed by atoms with Gasteiger partial charge in [0, 0.05) is 19.1 Å². The maximum Gasteiger partial charge on any atom is 0.224 e. The first-order valence-electron chi connectivity index (χ1n) is 10.7. The van der Waals surface area contributed by atoms with Crippen LogP contribution in [0.4, 0.5) is 0 Å². The number of amides is 1. The minimum Gasteiger partial charge on any atom is -0.352 e. The molecule has 3 aromatic rings. The minimum atomic E-state index is -1.34. The summed E-state index contributed by atoms with van der Waals surface area (Å²) in [6.07, 6.45) is 1.58. The lowest BCUT2D eigenvalue weighted by Crippen LogP contribution is -2.45. The van der Waals surface area contributed by atoms with Gasteiger partial charge in [-0.1, -0.05) is 78.9 Å². The Bertz CT molecular complexity index is 1040. The largest absolute Gasteiger partial charge is 0.352 e. The van der Waals surface area contributed by atoms with Crippen LogP contribution in [0.5, 0.6) is 0 Å². The summed E-state index contributed by atoms with van der Waals surface area (Å²) < 4.78 is 15.7. The molecule has 0 aromatic heterocycles. The summed E-state index contributed by atoms with van der Waals surface area (Å²) in [7, 11) is -1.34. The standard InChI is InChI=1S/C26H28N2O2S/c1-20-10-8-9-15-25(20)31(30)28-19-23(16-17-24(28)22-13-6-3-7-14-22)26(29)27-18-21-11-4-2-5-12-21/h2-15,23-24H,16-19H2,1H3,(H,27,29). The van der Waals surface area contributed by atoms with E-state index in [1.165, 1.54) is 0 Å². The molecule has 1 amide bonds. The van der Waals surface area contributed by atoms with Crippen LogP contribution in [0, 0.1) is 12.8 Å². The molecule has 1 N–H and O–H groups in total. The van der Waals surface area contributed by atoms with Crippen LogP contribution in [-0.2, 0) is 22.3 Å². The molecule has 3 atom stereocenters. The first kappa shape index (κ1) is 21.5. The molecular formula is C26H28N2O2S. The molecule has 0 saturated carbocycles. The van der Waals surface area contributed by atoms with Crippen molar-refractivity contribution in [1.29, 1.82) is 0 Å². The Kier molecular flexibility index (Phi) is 6.95. The van der Waals surface area contributed by atoms with Crippen molar-refractivity contribution in [3.8, 4) is 0 Å². The Morgan fingerprint density at radius 1 is 0.935 bits per heavy atom. The molecule has 3 aromatic carbocycles.